The molecule has 0 radical (unpaired) electrons. The van der Waals surface area contributed by atoms with Gasteiger partial charge in [-0.3, -0.25) is 24.6 Å². The van der Waals surface area contributed by atoms with Gasteiger partial charge in [0, 0.05) is 49.6 Å². The lowest BCUT2D eigenvalue weighted by Crippen LogP contribution is -2.54. The van der Waals surface area contributed by atoms with Gasteiger partial charge in [-0.05, 0) is 25.1 Å². The summed E-state index contributed by atoms with van der Waals surface area (Å²) in [5, 5.41) is 13.6. The van der Waals surface area contributed by atoms with Gasteiger partial charge in [0.1, 0.15) is 0 Å². The SMILES string of the molecule is CC(C(=O)Nc1cccc([N+](=O)[O-])c1)N1CCN(C(=O)c2ccccc2)CC1. The van der Waals surface area contributed by atoms with E-state index in [9.17, 15) is 19.7 Å². The first-order chi connectivity index (χ1) is 13.5. The van der Waals surface area contributed by atoms with E-state index in [1.807, 2.05) is 23.1 Å². The number of nitrogens with one attached hydrogen (secondary N) is 1. The van der Waals surface area contributed by atoms with Crippen LogP contribution in [0.5, 0.6) is 0 Å². The zero-order chi connectivity index (χ0) is 20.1. The van der Waals surface area contributed by atoms with Crippen LogP contribution < -0.4 is 5.32 Å². The first kappa shape index (κ1) is 19.5. The van der Waals surface area contributed by atoms with Crippen molar-refractivity contribution in [2.24, 2.45) is 0 Å². The highest BCUT2D eigenvalue weighted by Gasteiger charge is 2.28. The van der Waals surface area contributed by atoms with E-state index in [1.165, 1.54) is 18.2 Å². The molecule has 1 saturated heterocycles. The summed E-state index contributed by atoms with van der Waals surface area (Å²) in [6.07, 6.45) is 0. The predicted octanol–water partition coefficient (Wildman–Crippen LogP) is 2.38. The van der Waals surface area contributed by atoms with Crippen LogP contribution in [0.3, 0.4) is 0 Å². The molecule has 1 unspecified atom stereocenters. The third-order valence-corrected chi connectivity index (χ3v) is 4.87. The molecule has 0 aromatic heterocycles. The van der Waals surface area contributed by atoms with Crippen molar-refractivity contribution in [3.63, 3.8) is 0 Å². The zero-order valence-electron chi connectivity index (χ0n) is 15.6. The highest BCUT2D eigenvalue weighted by Crippen LogP contribution is 2.18. The lowest BCUT2D eigenvalue weighted by atomic mass is 10.1. The highest BCUT2D eigenvalue weighted by molar-refractivity contribution is 5.95. The number of rotatable bonds is 5. The number of non-ortho nitro benzene ring substituents is 1. The van der Waals surface area contributed by atoms with Crippen molar-refractivity contribution in [1.82, 2.24) is 9.80 Å². The molecule has 1 fully saturated rings. The molecule has 2 aromatic rings. The lowest BCUT2D eigenvalue weighted by Gasteiger charge is -2.37. The summed E-state index contributed by atoms with van der Waals surface area (Å²) in [6, 6.07) is 14.6. The van der Waals surface area contributed by atoms with Gasteiger partial charge in [0.25, 0.3) is 11.6 Å². The monoisotopic (exact) mass is 382 g/mol. The van der Waals surface area contributed by atoms with Crippen molar-refractivity contribution in [3.8, 4) is 0 Å². The minimum absolute atomic E-state index is 0.00560. The van der Waals surface area contributed by atoms with Crippen LogP contribution >= 0.6 is 0 Å². The molecular weight excluding hydrogens is 360 g/mol. The molecule has 0 saturated carbocycles. The third-order valence-electron chi connectivity index (χ3n) is 4.87. The van der Waals surface area contributed by atoms with E-state index in [4.69, 9.17) is 0 Å². The van der Waals surface area contributed by atoms with E-state index in [-0.39, 0.29) is 17.5 Å². The standard InChI is InChI=1S/C20H22N4O4/c1-15(19(25)21-17-8-5-9-18(14-17)24(27)28)22-10-12-23(13-11-22)20(26)16-6-3-2-4-7-16/h2-9,14-15H,10-13H2,1H3,(H,21,25). The molecule has 8 nitrogen and oxygen atoms in total. The van der Waals surface area contributed by atoms with Gasteiger partial charge in [0.05, 0.1) is 11.0 Å². The third kappa shape index (κ3) is 4.52. The molecule has 1 N–H and O–H groups in total. The Hall–Kier alpha value is -3.26. The number of amides is 2. The summed E-state index contributed by atoms with van der Waals surface area (Å²) in [5.74, 6) is -0.239. The number of carbonyl (C=O) groups excluding carboxylic acids is 2. The molecule has 1 heterocycles. The van der Waals surface area contributed by atoms with Crippen LogP contribution in [0, 0.1) is 10.1 Å². The highest BCUT2D eigenvalue weighted by atomic mass is 16.6. The van der Waals surface area contributed by atoms with Gasteiger partial charge in [-0.2, -0.15) is 0 Å². The summed E-state index contributed by atoms with van der Waals surface area (Å²) in [7, 11) is 0. The number of nitro groups is 1. The maximum atomic E-state index is 12.5. The summed E-state index contributed by atoms with van der Waals surface area (Å²) < 4.78 is 0. The number of hydrogen-bond acceptors (Lipinski definition) is 5. The van der Waals surface area contributed by atoms with Crippen molar-refractivity contribution in [2.45, 2.75) is 13.0 Å². The van der Waals surface area contributed by atoms with Crippen LogP contribution in [-0.2, 0) is 4.79 Å². The molecule has 146 valence electrons. The number of carbonyl (C=O) groups is 2. The Morgan fingerprint density at radius 3 is 2.36 bits per heavy atom. The predicted molar refractivity (Wildman–Crippen MR) is 105 cm³/mol. The van der Waals surface area contributed by atoms with Crippen molar-refractivity contribution in [1.29, 1.82) is 0 Å². The Morgan fingerprint density at radius 1 is 1.04 bits per heavy atom. The van der Waals surface area contributed by atoms with E-state index < -0.39 is 11.0 Å². The average molecular weight is 382 g/mol. The first-order valence-corrected chi connectivity index (χ1v) is 9.09. The molecule has 0 bridgehead atoms. The van der Waals surface area contributed by atoms with Gasteiger partial charge in [-0.15, -0.1) is 0 Å². The Kier molecular flexibility index (Phi) is 6.00. The Bertz CT molecular complexity index is 864. The van der Waals surface area contributed by atoms with Crippen LogP contribution in [0.1, 0.15) is 17.3 Å². The van der Waals surface area contributed by atoms with Crippen molar-refractivity contribution in [2.75, 3.05) is 31.5 Å². The Morgan fingerprint density at radius 2 is 1.71 bits per heavy atom. The first-order valence-electron chi connectivity index (χ1n) is 9.09. The molecule has 1 atom stereocenters. The fourth-order valence-corrected chi connectivity index (χ4v) is 3.19. The number of anilines is 1. The van der Waals surface area contributed by atoms with Gasteiger partial charge >= 0.3 is 0 Å². The molecular formula is C20H22N4O4. The maximum absolute atomic E-state index is 12.5. The summed E-state index contributed by atoms with van der Waals surface area (Å²) >= 11 is 0. The molecule has 2 amide bonds. The smallest absolute Gasteiger partial charge is 0.271 e. The summed E-state index contributed by atoms with van der Waals surface area (Å²) in [4.78, 5) is 39.2. The van der Waals surface area contributed by atoms with Crippen LogP contribution in [0.2, 0.25) is 0 Å². The summed E-state index contributed by atoms with van der Waals surface area (Å²) in [5.41, 5.74) is 0.981. The van der Waals surface area contributed by atoms with Crippen LogP contribution in [-0.4, -0.2) is 58.8 Å². The molecule has 0 spiro atoms. The molecule has 8 heteroatoms. The normalized spacial score (nSPS) is 15.7. The second-order valence-corrected chi connectivity index (χ2v) is 6.67. The zero-order valence-corrected chi connectivity index (χ0v) is 15.6. The molecule has 0 aliphatic carbocycles. The van der Waals surface area contributed by atoms with E-state index >= 15 is 0 Å². The fraction of sp³-hybridized carbons (Fsp3) is 0.300. The van der Waals surface area contributed by atoms with Gasteiger partial charge in [-0.25, -0.2) is 0 Å². The van der Waals surface area contributed by atoms with E-state index in [2.05, 4.69) is 5.32 Å². The fourth-order valence-electron chi connectivity index (χ4n) is 3.19. The van der Waals surface area contributed by atoms with Crippen molar-refractivity contribution < 1.29 is 14.5 Å². The van der Waals surface area contributed by atoms with E-state index in [0.717, 1.165) is 0 Å². The van der Waals surface area contributed by atoms with Crippen molar-refractivity contribution >= 4 is 23.2 Å². The van der Waals surface area contributed by atoms with Crippen molar-refractivity contribution in [3.05, 3.63) is 70.3 Å². The minimum atomic E-state index is -0.498. The molecule has 28 heavy (non-hydrogen) atoms. The van der Waals surface area contributed by atoms with Crippen LogP contribution in [0.15, 0.2) is 54.6 Å². The second kappa shape index (κ2) is 8.62. The topological polar surface area (TPSA) is 95.8 Å². The number of nitrogens with zero attached hydrogens (tertiary/aromatic N) is 3. The van der Waals surface area contributed by atoms with E-state index in [0.29, 0.717) is 37.4 Å². The van der Waals surface area contributed by atoms with Gasteiger partial charge < -0.3 is 10.2 Å². The van der Waals surface area contributed by atoms with Gasteiger partial charge in [0.2, 0.25) is 5.91 Å². The largest absolute Gasteiger partial charge is 0.336 e. The molecule has 1 aliphatic rings. The summed E-state index contributed by atoms with van der Waals surface area (Å²) in [6.45, 7) is 4.05. The van der Waals surface area contributed by atoms with Crippen LogP contribution in [0.25, 0.3) is 0 Å². The van der Waals surface area contributed by atoms with E-state index in [1.54, 1.807) is 30.0 Å². The molecule has 2 aromatic carbocycles. The second-order valence-electron chi connectivity index (χ2n) is 6.67. The quantitative estimate of drug-likeness (QED) is 0.633. The maximum Gasteiger partial charge on any atom is 0.271 e. The molecule has 1 aliphatic heterocycles. The van der Waals surface area contributed by atoms with Crippen LogP contribution in [0.4, 0.5) is 11.4 Å². The number of nitro benzene ring substituents is 1. The van der Waals surface area contributed by atoms with Gasteiger partial charge in [-0.1, -0.05) is 24.3 Å². The average Bonchev–Trinajstić information content (AvgIpc) is 2.73. The lowest BCUT2D eigenvalue weighted by molar-refractivity contribution is -0.384. The molecule has 3 rings (SSSR count). The number of piperazine rings is 1. The number of hydrogen-bond donors (Lipinski definition) is 1. The van der Waals surface area contributed by atoms with Gasteiger partial charge in [0.15, 0.2) is 0 Å². The Balaban J connectivity index is 1.55. The Labute approximate surface area is 162 Å². The number of benzene rings is 2. The minimum Gasteiger partial charge on any atom is -0.336 e.